The highest BCUT2D eigenvalue weighted by atomic mass is 16.5. The average molecular weight is 426 g/mol. The first kappa shape index (κ1) is 20.5. The number of hydrogen-bond donors (Lipinski definition) is 3. The Hall–Kier alpha value is -2.38. The number of nitrogens with one attached hydrogen (secondary N) is 1. The van der Waals surface area contributed by atoms with Gasteiger partial charge in [-0.05, 0) is 61.3 Å². The first-order valence-electron chi connectivity index (χ1n) is 11.5. The first-order valence-corrected chi connectivity index (χ1v) is 11.5. The number of carbonyl (C=O) groups is 2. The number of hydrogen-bond acceptors (Lipinski definition) is 5. The monoisotopic (exact) mass is 425 g/mol. The van der Waals surface area contributed by atoms with Gasteiger partial charge < -0.3 is 20.6 Å². The number of aromatic amines is 1. The zero-order chi connectivity index (χ0) is 21.7. The van der Waals surface area contributed by atoms with Crippen LogP contribution in [-0.2, 0) is 16.0 Å². The fraction of sp³-hybridized carbons (Fsp3) is 0.583. The highest BCUT2D eigenvalue weighted by Gasteiger charge is 2.48. The number of nitrogens with two attached hydrogens (primary N) is 1. The number of ether oxygens (including phenoxy) is 1. The molecule has 4 N–H and O–H groups in total. The number of aliphatic carboxylic acids is 1. The molecule has 0 radical (unpaired) electrons. The normalized spacial score (nSPS) is 29.9. The van der Waals surface area contributed by atoms with Crippen molar-refractivity contribution >= 4 is 22.8 Å². The molecule has 1 aromatic carbocycles. The van der Waals surface area contributed by atoms with Crippen molar-refractivity contribution < 1.29 is 19.4 Å². The minimum Gasteiger partial charge on any atom is -0.480 e. The predicted octanol–water partition coefficient (Wildman–Crippen LogP) is 3.03. The van der Waals surface area contributed by atoms with Crippen LogP contribution in [0.15, 0.2) is 18.2 Å². The summed E-state index contributed by atoms with van der Waals surface area (Å²) >= 11 is 0. The minimum absolute atomic E-state index is 0.0186. The number of carboxylic acid groups (broad SMARTS) is 1. The van der Waals surface area contributed by atoms with Gasteiger partial charge in [-0.2, -0.15) is 0 Å². The van der Waals surface area contributed by atoms with Gasteiger partial charge in [0.2, 0.25) is 0 Å². The van der Waals surface area contributed by atoms with Crippen LogP contribution in [0.3, 0.4) is 0 Å². The first-order chi connectivity index (χ1) is 14.9. The molecule has 31 heavy (non-hydrogen) atoms. The largest absolute Gasteiger partial charge is 0.480 e. The molecule has 166 valence electrons. The molecule has 7 heteroatoms. The molecule has 1 aliphatic carbocycles. The lowest BCUT2D eigenvalue weighted by atomic mass is 9.65. The molecule has 4 heterocycles. The lowest BCUT2D eigenvalue weighted by Crippen LogP contribution is -2.56. The van der Waals surface area contributed by atoms with Crippen molar-refractivity contribution in [3.05, 3.63) is 29.5 Å². The van der Waals surface area contributed by atoms with Crippen LogP contribution in [0.25, 0.3) is 10.9 Å². The number of aromatic nitrogens is 1. The van der Waals surface area contributed by atoms with Gasteiger partial charge in [-0.25, -0.2) is 0 Å². The maximum atomic E-state index is 12.2. The van der Waals surface area contributed by atoms with Crippen LogP contribution in [0.4, 0.5) is 0 Å². The second kappa shape index (κ2) is 7.95. The number of esters is 1. The second-order valence-corrected chi connectivity index (χ2v) is 9.53. The maximum Gasteiger partial charge on any atom is 0.320 e. The SMILES string of the molecule is CCC1CC2CC3c4[nH]c5ccc(OC(=O)CCC(N)C(=O)O)cc5c4CCN(C2)C13. The van der Waals surface area contributed by atoms with Crippen LogP contribution < -0.4 is 10.5 Å². The minimum atomic E-state index is -1.11. The molecular formula is C24H31N3O4. The number of nitrogens with zero attached hydrogens (tertiary/aromatic N) is 1. The summed E-state index contributed by atoms with van der Waals surface area (Å²) in [5, 5.41) is 10.0. The summed E-state index contributed by atoms with van der Waals surface area (Å²) in [5.74, 6) is 1.08. The number of piperidine rings is 2. The van der Waals surface area contributed by atoms with E-state index in [1.807, 2.05) is 12.1 Å². The number of carbonyl (C=O) groups excluding carboxylic acids is 1. The quantitative estimate of drug-likeness (QED) is 0.485. The molecule has 6 atom stereocenters. The number of fused-ring (bicyclic) bond motifs is 4. The maximum absolute atomic E-state index is 12.2. The highest BCUT2D eigenvalue weighted by molar-refractivity contribution is 5.87. The van der Waals surface area contributed by atoms with E-state index < -0.39 is 18.0 Å². The number of carboxylic acids is 1. The van der Waals surface area contributed by atoms with Crippen molar-refractivity contribution in [3.63, 3.8) is 0 Å². The third-order valence-electron chi connectivity index (χ3n) is 7.70. The van der Waals surface area contributed by atoms with Crippen molar-refractivity contribution in [2.75, 3.05) is 13.1 Å². The topological polar surface area (TPSA) is 109 Å². The second-order valence-electron chi connectivity index (χ2n) is 9.53. The van der Waals surface area contributed by atoms with Crippen molar-refractivity contribution in [2.45, 2.75) is 63.5 Å². The standard InChI is InChI=1S/C24H31N3O4/c1-2-14-9-13-10-18-22-16(7-8-27(12-13)23(14)18)17-11-15(3-5-20(17)26-22)31-21(28)6-4-19(25)24(29)30/h3,5,11,13-14,18-19,23,26H,2,4,6-10,12,25H2,1H3,(H,29,30). The van der Waals surface area contributed by atoms with Crippen LogP contribution in [0, 0.1) is 11.8 Å². The molecule has 4 aliphatic rings. The molecule has 0 amide bonds. The van der Waals surface area contributed by atoms with Crippen LogP contribution >= 0.6 is 0 Å². The van der Waals surface area contributed by atoms with E-state index in [1.54, 1.807) is 6.07 Å². The lowest BCUT2D eigenvalue weighted by Gasteiger charge is -2.53. The Morgan fingerprint density at radius 2 is 2.19 bits per heavy atom. The van der Waals surface area contributed by atoms with Gasteiger partial charge in [0.05, 0.1) is 0 Å². The van der Waals surface area contributed by atoms with Crippen molar-refractivity contribution in [3.8, 4) is 5.75 Å². The number of rotatable bonds is 6. The number of benzene rings is 1. The molecule has 6 unspecified atom stereocenters. The van der Waals surface area contributed by atoms with Gasteiger partial charge in [-0.3, -0.25) is 14.5 Å². The fourth-order valence-electron chi connectivity index (χ4n) is 6.31. The lowest BCUT2D eigenvalue weighted by molar-refractivity contribution is -0.139. The summed E-state index contributed by atoms with van der Waals surface area (Å²) in [4.78, 5) is 29.5. The summed E-state index contributed by atoms with van der Waals surface area (Å²) in [6.07, 6.45) is 4.94. The van der Waals surface area contributed by atoms with E-state index in [2.05, 4.69) is 16.8 Å². The molecule has 4 bridgehead atoms. The van der Waals surface area contributed by atoms with E-state index in [4.69, 9.17) is 15.6 Å². The van der Waals surface area contributed by atoms with Crippen LogP contribution in [-0.4, -0.2) is 52.1 Å². The molecule has 3 aliphatic heterocycles. The summed E-state index contributed by atoms with van der Waals surface area (Å²) < 4.78 is 5.50. The molecule has 1 saturated carbocycles. The van der Waals surface area contributed by atoms with Crippen LogP contribution in [0.1, 0.15) is 56.2 Å². The Morgan fingerprint density at radius 3 is 2.97 bits per heavy atom. The van der Waals surface area contributed by atoms with Gasteiger partial charge >= 0.3 is 11.9 Å². The highest BCUT2D eigenvalue weighted by Crippen LogP contribution is 2.51. The molecule has 7 nitrogen and oxygen atoms in total. The Bertz CT molecular complexity index is 1020. The third-order valence-corrected chi connectivity index (χ3v) is 7.70. The van der Waals surface area contributed by atoms with Crippen molar-refractivity contribution in [2.24, 2.45) is 17.6 Å². The zero-order valence-electron chi connectivity index (χ0n) is 18.0. The Labute approximate surface area is 181 Å². The van der Waals surface area contributed by atoms with Crippen LogP contribution in [0.5, 0.6) is 5.75 Å². The smallest absolute Gasteiger partial charge is 0.320 e. The van der Waals surface area contributed by atoms with Crippen LogP contribution in [0.2, 0.25) is 0 Å². The molecular weight excluding hydrogens is 394 g/mol. The van der Waals surface area contributed by atoms with E-state index >= 15 is 0 Å². The van der Waals surface area contributed by atoms with Gasteiger partial charge in [0.25, 0.3) is 0 Å². The summed E-state index contributed by atoms with van der Waals surface area (Å²) in [6.45, 7) is 4.65. The molecule has 0 spiro atoms. The van der Waals surface area contributed by atoms with Gasteiger partial charge in [-0.15, -0.1) is 0 Å². The zero-order valence-corrected chi connectivity index (χ0v) is 18.0. The van der Waals surface area contributed by atoms with Gasteiger partial charge in [-0.1, -0.05) is 13.3 Å². The summed E-state index contributed by atoms with van der Waals surface area (Å²) in [7, 11) is 0. The van der Waals surface area contributed by atoms with E-state index in [1.165, 1.54) is 37.1 Å². The summed E-state index contributed by atoms with van der Waals surface area (Å²) in [5.41, 5.74) is 9.34. The third kappa shape index (κ3) is 3.64. The average Bonchev–Trinajstić information content (AvgIpc) is 3.08. The predicted molar refractivity (Wildman–Crippen MR) is 117 cm³/mol. The Kier molecular flexibility index (Phi) is 5.26. The fourth-order valence-corrected chi connectivity index (χ4v) is 6.31. The molecule has 2 aromatic rings. The van der Waals surface area contributed by atoms with Gasteiger partial charge in [0.1, 0.15) is 11.8 Å². The Morgan fingerprint density at radius 1 is 1.35 bits per heavy atom. The summed E-state index contributed by atoms with van der Waals surface area (Å²) in [6, 6.07) is 5.35. The number of H-pyrrole nitrogens is 1. The van der Waals surface area contributed by atoms with Gasteiger partial charge in [0, 0.05) is 48.1 Å². The van der Waals surface area contributed by atoms with E-state index in [0.29, 0.717) is 17.7 Å². The molecule has 2 saturated heterocycles. The van der Waals surface area contributed by atoms with E-state index in [0.717, 1.165) is 35.7 Å². The van der Waals surface area contributed by atoms with Crippen molar-refractivity contribution in [1.82, 2.24) is 9.88 Å². The Balaban J connectivity index is 1.39. The van der Waals surface area contributed by atoms with Gasteiger partial charge in [0.15, 0.2) is 0 Å². The molecule has 1 aromatic heterocycles. The van der Waals surface area contributed by atoms with Crippen molar-refractivity contribution in [1.29, 1.82) is 0 Å². The van der Waals surface area contributed by atoms with E-state index in [9.17, 15) is 9.59 Å². The van der Waals surface area contributed by atoms with E-state index in [-0.39, 0.29) is 12.8 Å². The molecule has 6 rings (SSSR count). The molecule has 3 fully saturated rings.